The van der Waals surface area contributed by atoms with Crippen LogP contribution in [0, 0.1) is 0 Å². The number of amides is 1. The Balaban J connectivity index is 2.28. The van der Waals surface area contributed by atoms with Crippen molar-refractivity contribution in [2.45, 2.75) is 20.3 Å². The van der Waals surface area contributed by atoms with E-state index in [1.165, 1.54) is 10.6 Å². The molecule has 0 bridgehead atoms. The van der Waals surface area contributed by atoms with E-state index < -0.39 is 0 Å². The zero-order valence-corrected chi connectivity index (χ0v) is 18.2. The van der Waals surface area contributed by atoms with E-state index in [4.69, 9.17) is 9.47 Å². The largest absolute Gasteiger partial charge is 0.493 e. The van der Waals surface area contributed by atoms with Crippen molar-refractivity contribution < 1.29 is 14.3 Å². The van der Waals surface area contributed by atoms with E-state index in [1.807, 2.05) is 6.07 Å². The Kier molecular flexibility index (Phi) is 9.15. The number of ether oxygens (including phenoxy) is 2. The van der Waals surface area contributed by atoms with Gasteiger partial charge in [0.2, 0.25) is 0 Å². The van der Waals surface area contributed by atoms with Crippen LogP contribution in [-0.4, -0.2) is 55.8 Å². The van der Waals surface area contributed by atoms with Crippen molar-refractivity contribution in [3.63, 3.8) is 0 Å². The zero-order valence-electron chi connectivity index (χ0n) is 18.2. The van der Waals surface area contributed by atoms with Gasteiger partial charge < -0.3 is 19.7 Å². The first kappa shape index (κ1) is 23.2. The van der Waals surface area contributed by atoms with E-state index in [9.17, 15) is 9.59 Å². The lowest BCUT2D eigenvalue weighted by atomic mass is 10.1. The molecule has 0 unspecified atom stereocenters. The Hall–Kier alpha value is -3.06. The molecule has 0 aliphatic heterocycles. The van der Waals surface area contributed by atoms with Crippen molar-refractivity contribution in [1.29, 1.82) is 0 Å². The Morgan fingerprint density at radius 1 is 1.10 bits per heavy atom. The Bertz CT molecular complexity index is 917. The van der Waals surface area contributed by atoms with Gasteiger partial charge in [-0.2, -0.15) is 0 Å². The summed E-state index contributed by atoms with van der Waals surface area (Å²) in [4.78, 5) is 27.6. The maximum atomic E-state index is 13.0. The minimum Gasteiger partial charge on any atom is -0.493 e. The average molecular weight is 414 g/mol. The molecule has 0 saturated carbocycles. The highest BCUT2D eigenvalue weighted by Gasteiger charge is 2.14. The lowest BCUT2D eigenvalue weighted by Gasteiger charge is -2.18. The van der Waals surface area contributed by atoms with Gasteiger partial charge in [0, 0.05) is 18.8 Å². The highest BCUT2D eigenvalue weighted by Crippen LogP contribution is 2.28. The number of benzene rings is 1. The summed E-state index contributed by atoms with van der Waals surface area (Å²) in [5, 5.41) is 2.93. The standard InChI is InChI=1S/C23H31N3O4/c1-5-25(6-2)14-9-13-24-23(28)19(26-15-8-7-10-22(26)27)16-18-11-12-20(29-3)21(17-18)30-4/h7-8,10-12,15-17H,5-6,9,13-14H2,1-4H3,(H,24,28). The van der Waals surface area contributed by atoms with Gasteiger partial charge in [-0.15, -0.1) is 0 Å². The summed E-state index contributed by atoms with van der Waals surface area (Å²) in [5.74, 6) is 0.831. The molecule has 1 N–H and O–H groups in total. The molecule has 0 atom stereocenters. The van der Waals surface area contributed by atoms with Crippen LogP contribution in [0.4, 0.5) is 0 Å². The molecule has 7 nitrogen and oxygen atoms in total. The van der Waals surface area contributed by atoms with E-state index in [1.54, 1.807) is 50.8 Å². The summed E-state index contributed by atoms with van der Waals surface area (Å²) in [6.07, 6.45) is 4.09. The maximum Gasteiger partial charge on any atom is 0.268 e. The number of pyridine rings is 1. The van der Waals surface area contributed by atoms with Gasteiger partial charge >= 0.3 is 0 Å². The minimum atomic E-state index is -0.308. The normalized spacial score (nSPS) is 11.4. The summed E-state index contributed by atoms with van der Waals surface area (Å²) in [6, 6.07) is 10.1. The van der Waals surface area contributed by atoms with E-state index in [0.29, 0.717) is 18.0 Å². The van der Waals surface area contributed by atoms with E-state index >= 15 is 0 Å². The number of carbonyl (C=O) groups is 1. The molecule has 2 aromatic rings. The summed E-state index contributed by atoms with van der Waals surface area (Å²) in [5.41, 5.74) is 0.690. The molecule has 0 aliphatic carbocycles. The number of methoxy groups -OCH3 is 2. The fourth-order valence-corrected chi connectivity index (χ4v) is 3.11. The number of nitrogens with zero attached hydrogens (tertiary/aromatic N) is 2. The van der Waals surface area contributed by atoms with Gasteiger partial charge in [0.05, 0.1) is 14.2 Å². The number of hydrogen-bond acceptors (Lipinski definition) is 5. The molecule has 7 heteroatoms. The van der Waals surface area contributed by atoms with Crippen LogP contribution in [-0.2, 0) is 4.79 Å². The smallest absolute Gasteiger partial charge is 0.268 e. The van der Waals surface area contributed by atoms with Gasteiger partial charge in [-0.1, -0.05) is 26.0 Å². The topological polar surface area (TPSA) is 72.8 Å². The third-order valence-corrected chi connectivity index (χ3v) is 4.86. The van der Waals surface area contributed by atoms with Gasteiger partial charge in [-0.25, -0.2) is 0 Å². The molecule has 1 amide bonds. The van der Waals surface area contributed by atoms with Crippen molar-refractivity contribution in [3.05, 3.63) is 58.5 Å². The van der Waals surface area contributed by atoms with Crippen molar-refractivity contribution in [1.82, 2.24) is 14.8 Å². The molecule has 0 saturated heterocycles. The van der Waals surface area contributed by atoms with Gasteiger partial charge in [0.25, 0.3) is 11.5 Å². The van der Waals surface area contributed by atoms with Gasteiger partial charge in [-0.3, -0.25) is 14.2 Å². The zero-order chi connectivity index (χ0) is 21.9. The summed E-state index contributed by atoms with van der Waals surface area (Å²) in [6.45, 7) is 7.64. The van der Waals surface area contributed by atoms with Crippen molar-refractivity contribution in [2.75, 3.05) is 40.4 Å². The second kappa shape index (κ2) is 11.8. The third kappa shape index (κ3) is 6.22. The average Bonchev–Trinajstić information content (AvgIpc) is 2.77. The van der Waals surface area contributed by atoms with Crippen LogP contribution in [0.15, 0.2) is 47.4 Å². The summed E-state index contributed by atoms with van der Waals surface area (Å²) >= 11 is 0. The molecule has 1 heterocycles. The first-order valence-electron chi connectivity index (χ1n) is 10.2. The van der Waals surface area contributed by atoms with Crippen LogP contribution >= 0.6 is 0 Å². The first-order chi connectivity index (χ1) is 14.5. The van der Waals surface area contributed by atoms with E-state index in [2.05, 4.69) is 24.1 Å². The van der Waals surface area contributed by atoms with Crippen LogP contribution in [0.2, 0.25) is 0 Å². The predicted octanol–water partition coefficient (Wildman–Crippen LogP) is 2.71. The quantitative estimate of drug-likeness (QED) is 0.453. The number of rotatable bonds is 11. The fraction of sp³-hybridized carbons (Fsp3) is 0.391. The number of carbonyl (C=O) groups excluding carboxylic acids is 1. The lowest BCUT2D eigenvalue weighted by Crippen LogP contribution is -2.33. The van der Waals surface area contributed by atoms with Crippen molar-refractivity contribution in [2.24, 2.45) is 0 Å². The molecule has 0 spiro atoms. The molecular weight excluding hydrogens is 382 g/mol. The van der Waals surface area contributed by atoms with Gasteiger partial charge in [-0.05, 0) is 55.9 Å². The number of nitrogens with one attached hydrogen (secondary N) is 1. The monoisotopic (exact) mass is 413 g/mol. The Morgan fingerprint density at radius 2 is 1.83 bits per heavy atom. The van der Waals surface area contributed by atoms with Crippen LogP contribution in [0.25, 0.3) is 11.8 Å². The Labute approximate surface area is 177 Å². The maximum absolute atomic E-state index is 13.0. The van der Waals surface area contributed by atoms with Crippen LogP contribution < -0.4 is 20.3 Å². The first-order valence-corrected chi connectivity index (χ1v) is 10.2. The summed E-state index contributed by atoms with van der Waals surface area (Å²) in [7, 11) is 3.12. The fourth-order valence-electron chi connectivity index (χ4n) is 3.11. The highest BCUT2D eigenvalue weighted by atomic mass is 16.5. The lowest BCUT2D eigenvalue weighted by molar-refractivity contribution is -0.115. The second-order valence-electron chi connectivity index (χ2n) is 6.69. The Morgan fingerprint density at radius 3 is 2.47 bits per heavy atom. The molecule has 1 aromatic carbocycles. The number of hydrogen-bond donors (Lipinski definition) is 1. The molecule has 0 aliphatic rings. The SMILES string of the molecule is CCN(CC)CCCNC(=O)C(=Cc1ccc(OC)c(OC)c1)n1ccccc1=O. The molecular formula is C23H31N3O4. The summed E-state index contributed by atoms with van der Waals surface area (Å²) < 4.78 is 12.0. The van der Waals surface area contributed by atoms with Crippen LogP contribution in [0.3, 0.4) is 0 Å². The minimum absolute atomic E-state index is 0.246. The van der Waals surface area contributed by atoms with Crippen LogP contribution in [0.5, 0.6) is 11.5 Å². The molecule has 162 valence electrons. The third-order valence-electron chi connectivity index (χ3n) is 4.86. The van der Waals surface area contributed by atoms with E-state index in [0.717, 1.165) is 31.6 Å². The number of aromatic nitrogens is 1. The van der Waals surface area contributed by atoms with Crippen LogP contribution in [0.1, 0.15) is 25.8 Å². The van der Waals surface area contributed by atoms with E-state index in [-0.39, 0.29) is 17.2 Å². The molecule has 30 heavy (non-hydrogen) atoms. The molecule has 1 aromatic heterocycles. The highest BCUT2D eigenvalue weighted by molar-refractivity contribution is 6.18. The van der Waals surface area contributed by atoms with Crippen molar-refractivity contribution in [3.8, 4) is 11.5 Å². The molecule has 0 radical (unpaired) electrons. The van der Waals surface area contributed by atoms with Crippen molar-refractivity contribution >= 4 is 17.7 Å². The molecule has 2 rings (SSSR count). The second-order valence-corrected chi connectivity index (χ2v) is 6.69. The van der Waals surface area contributed by atoms with Gasteiger partial charge in [0.1, 0.15) is 5.70 Å². The van der Waals surface area contributed by atoms with Gasteiger partial charge in [0.15, 0.2) is 11.5 Å². The predicted molar refractivity (Wildman–Crippen MR) is 120 cm³/mol. The molecule has 0 fully saturated rings.